The van der Waals surface area contributed by atoms with Crippen LogP contribution >= 0.6 is 0 Å². The fraction of sp³-hybridized carbons (Fsp3) is 0.240. The van der Waals surface area contributed by atoms with E-state index in [-0.39, 0.29) is 12.5 Å². The molecule has 6 heteroatoms. The lowest BCUT2D eigenvalue weighted by Gasteiger charge is -2.33. The van der Waals surface area contributed by atoms with Gasteiger partial charge in [-0.05, 0) is 46.7 Å². The van der Waals surface area contributed by atoms with E-state index in [1.54, 1.807) is 0 Å². The number of ether oxygens (including phenoxy) is 1. The lowest BCUT2D eigenvalue weighted by Crippen LogP contribution is -2.46. The van der Waals surface area contributed by atoms with Crippen LogP contribution in [0, 0.1) is 0 Å². The molecule has 1 N–H and O–H groups in total. The maximum absolute atomic E-state index is 13.3. The molecule has 3 aromatic carbocycles. The second-order valence-corrected chi connectivity index (χ2v) is 8.04. The predicted molar refractivity (Wildman–Crippen MR) is 115 cm³/mol. The molecule has 3 amide bonds. The Morgan fingerprint density at radius 2 is 1.77 bits per heavy atom. The van der Waals surface area contributed by atoms with Gasteiger partial charge >= 0.3 is 12.0 Å². The van der Waals surface area contributed by atoms with E-state index in [1.807, 2.05) is 66.7 Å². The number of esters is 1. The molecule has 1 aliphatic carbocycles. The molecule has 3 aromatic rings. The molecule has 0 bridgehead atoms. The predicted octanol–water partition coefficient (Wildman–Crippen LogP) is 3.67. The Labute approximate surface area is 179 Å². The van der Waals surface area contributed by atoms with Crippen LogP contribution in [-0.4, -0.2) is 29.4 Å². The van der Waals surface area contributed by atoms with Crippen LogP contribution in [0.3, 0.4) is 0 Å². The number of fused-ring (bicyclic) bond motifs is 3. The first-order valence-corrected chi connectivity index (χ1v) is 10.4. The number of amides is 3. The summed E-state index contributed by atoms with van der Waals surface area (Å²) in [5, 5.41) is 4.92. The highest BCUT2D eigenvalue weighted by atomic mass is 16.5. The summed E-state index contributed by atoms with van der Waals surface area (Å²) in [5.41, 5.74) is 1.68. The Morgan fingerprint density at radius 3 is 2.68 bits per heavy atom. The average Bonchev–Trinajstić information content (AvgIpc) is 3.02. The largest absolute Gasteiger partial charge is 0.459 e. The number of rotatable bonds is 4. The number of nitrogens with one attached hydrogen (secondary N) is 1. The molecule has 1 saturated heterocycles. The summed E-state index contributed by atoms with van der Waals surface area (Å²) >= 11 is 0. The summed E-state index contributed by atoms with van der Waals surface area (Å²) in [5.74, 6) is -0.996. The van der Waals surface area contributed by atoms with Crippen LogP contribution < -0.4 is 5.32 Å². The van der Waals surface area contributed by atoms with E-state index in [9.17, 15) is 14.4 Å². The lowest BCUT2D eigenvalue weighted by molar-refractivity contribution is -0.149. The van der Waals surface area contributed by atoms with Gasteiger partial charge in [0.2, 0.25) is 0 Å². The first kappa shape index (κ1) is 19.3. The molecule has 0 radical (unpaired) electrons. The maximum atomic E-state index is 13.3. The number of imide groups is 1. The van der Waals surface area contributed by atoms with Crippen molar-refractivity contribution in [1.82, 2.24) is 10.2 Å². The second kappa shape index (κ2) is 7.54. The maximum Gasteiger partial charge on any atom is 0.326 e. The van der Waals surface area contributed by atoms with E-state index in [2.05, 4.69) is 5.32 Å². The van der Waals surface area contributed by atoms with Crippen molar-refractivity contribution in [3.05, 3.63) is 83.4 Å². The van der Waals surface area contributed by atoms with Crippen molar-refractivity contribution in [3.63, 3.8) is 0 Å². The Hall–Kier alpha value is -3.67. The van der Waals surface area contributed by atoms with Gasteiger partial charge in [-0.2, -0.15) is 0 Å². The van der Waals surface area contributed by atoms with Gasteiger partial charge in [-0.15, -0.1) is 0 Å². The minimum atomic E-state index is -1.08. The molecule has 1 spiro atoms. The van der Waals surface area contributed by atoms with Crippen molar-refractivity contribution in [3.8, 4) is 0 Å². The van der Waals surface area contributed by atoms with Gasteiger partial charge in [0.05, 0.1) is 0 Å². The summed E-state index contributed by atoms with van der Waals surface area (Å²) in [6, 6.07) is 20.8. The van der Waals surface area contributed by atoms with Crippen molar-refractivity contribution in [2.45, 2.75) is 31.4 Å². The topological polar surface area (TPSA) is 75.7 Å². The van der Waals surface area contributed by atoms with Crippen LogP contribution in [0.1, 0.15) is 29.5 Å². The van der Waals surface area contributed by atoms with Crippen molar-refractivity contribution >= 4 is 28.7 Å². The highest BCUT2D eigenvalue weighted by molar-refractivity contribution is 6.09. The SMILES string of the molecule is O=C(CN1C(=O)N[C@@]2(CCCc3ccccc32)C1=O)OCc1cccc2ccccc12. The van der Waals surface area contributed by atoms with E-state index in [0.29, 0.717) is 6.42 Å². The quantitative estimate of drug-likeness (QED) is 0.522. The van der Waals surface area contributed by atoms with E-state index in [0.717, 1.165) is 45.2 Å². The summed E-state index contributed by atoms with van der Waals surface area (Å²) in [7, 11) is 0. The standard InChI is InChI=1S/C25H22N2O4/c28-22(31-16-19-10-5-9-17-7-1-3-12-20(17)19)15-27-23(29)25(26-24(27)30)14-6-11-18-8-2-4-13-21(18)25/h1-5,7-10,12-13H,6,11,14-16H2,(H,26,30)/t25-/m1/s1. The van der Waals surface area contributed by atoms with Crippen molar-refractivity contribution in [2.75, 3.05) is 6.54 Å². The van der Waals surface area contributed by atoms with Gasteiger partial charge in [-0.1, -0.05) is 66.7 Å². The van der Waals surface area contributed by atoms with Crippen LogP contribution in [0.2, 0.25) is 0 Å². The van der Waals surface area contributed by atoms with Crippen LogP contribution in [0.5, 0.6) is 0 Å². The smallest absolute Gasteiger partial charge is 0.326 e. The molecular formula is C25H22N2O4. The van der Waals surface area contributed by atoms with Crippen LogP contribution in [0.4, 0.5) is 4.79 Å². The number of carbonyl (C=O) groups excluding carboxylic acids is 3. The number of hydrogen-bond donors (Lipinski definition) is 1. The second-order valence-electron chi connectivity index (χ2n) is 8.04. The molecule has 1 heterocycles. The third-order valence-electron chi connectivity index (χ3n) is 6.21. The van der Waals surface area contributed by atoms with Crippen molar-refractivity contribution in [2.24, 2.45) is 0 Å². The van der Waals surface area contributed by atoms with Gasteiger partial charge in [0.1, 0.15) is 18.7 Å². The Bertz CT molecular complexity index is 1200. The van der Waals surface area contributed by atoms with Gasteiger partial charge in [-0.25, -0.2) is 4.79 Å². The first-order chi connectivity index (χ1) is 15.1. The fourth-order valence-corrected chi connectivity index (χ4v) is 4.71. The minimum absolute atomic E-state index is 0.0812. The Balaban J connectivity index is 1.31. The summed E-state index contributed by atoms with van der Waals surface area (Å²) in [4.78, 5) is 39.4. The van der Waals surface area contributed by atoms with E-state index >= 15 is 0 Å². The zero-order valence-electron chi connectivity index (χ0n) is 17.0. The monoisotopic (exact) mass is 414 g/mol. The van der Waals surface area contributed by atoms with E-state index in [4.69, 9.17) is 4.74 Å². The van der Waals surface area contributed by atoms with Gasteiger partial charge in [-0.3, -0.25) is 14.5 Å². The molecule has 156 valence electrons. The number of urea groups is 1. The zero-order chi connectivity index (χ0) is 21.4. The normalized spacial score (nSPS) is 20.1. The Kier molecular flexibility index (Phi) is 4.70. The van der Waals surface area contributed by atoms with Gasteiger partial charge in [0.15, 0.2) is 0 Å². The van der Waals surface area contributed by atoms with Gasteiger partial charge < -0.3 is 10.1 Å². The Morgan fingerprint density at radius 1 is 1.00 bits per heavy atom. The fourth-order valence-electron chi connectivity index (χ4n) is 4.71. The molecule has 2 aliphatic rings. The molecule has 1 fully saturated rings. The van der Waals surface area contributed by atoms with Gasteiger partial charge in [0.25, 0.3) is 5.91 Å². The van der Waals surface area contributed by atoms with E-state index in [1.165, 1.54) is 0 Å². The molecule has 31 heavy (non-hydrogen) atoms. The van der Waals surface area contributed by atoms with Crippen LogP contribution in [-0.2, 0) is 32.9 Å². The minimum Gasteiger partial charge on any atom is -0.459 e. The lowest BCUT2D eigenvalue weighted by atomic mass is 9.76. The summed E-state index contributed by atoms with van der Waals surface area (Å²) < 4.78 is 5.43. The molecule has 6 nitrogen and oxygen atoms in total. The van der Waals surface area contributed by atoms with Crippen LogP contribution in [0.25, 0.3) is 10.8 Å². The number of nitrogens with zero attached hydrogens (tertiary/aromatic N) is 1. The van der Waals surface area contributed by atoms with Crippen LogP contribution in [0.15, 0.2) is 66.7 Å². The van der Waals surface area contributed by atoms with E-state index < -0.39 is 24.1 Å². The molecule has 0 aromatic heterocycles. The first-order valence-electron chi connectivity index (χ1n) is 10.4. The van der Waals surface area contributed by atoms with Gasteiger partial charge in [0, 0.05) is 0 Å². The number of benzene rings is 3. The highest BCUT2D eigenvalue weighted by Crippen LogP contribution is 2.39. The molecule has 1 atom stereocenters. The highest BCUT2D eigenvalue weighted by Gasteiger charge is 2.54. The van der Waals surface area contributed by atoms with Crippen molar-refractivity contribution < 1.29 is 19.1 Å². The van der Waals surface area contributed by atoms with Crippen molar-refractivity contribution in [1.29, 1.82) is 0 Å². The molecule has 0 saturated carbocycles. The molecule has 1 aliphatic heterocycles. The summed E-state index contributed by atoms with van der Waals surface area (Å²) in [6.07, 6.45) is 2.19. The zero-order valence-corrected chi connectivity index (χ0v) is 17.0. The number of carbonyl (C=O) groups is 3. The summed E-state index contributed by atoms with van der Waals surface area (Å²) in [6.45, 7) is -0.322. The number of aryl methyl sites for hydroxylation is 1. The molecular weight excluding hydrogens is 392 g/mol. The third-order valence-corrected chi connectivity index (χ3v) is 6.21. The molecule has 5 rings (SSSR count). The number of hydrogen-bond acceptors (Lipinski definition) is 4. The third kappa shape index (κ3) is 3.24. The average molecular weight is 414 g/mol. The molecule has 0 unspecified atom stereocenters.